The molecule has 0 spiro atoms. The van der Waals surface area contributed by atoms with Gasteiger partial charge in [0.05, 0.1) is 6.61 Å². The Morgan fingerprint density at radius 2 is 1.79 bits per heavy atom. The van der Waals surface area contributed by atoms with E-state index in [0.29, 0.717) is 16.5 Å². The maximum absolute atomic E-state index is 13.0. The molecule has 0 saturated carbocycles. The lowest BCUT2D eigenvalue weighted by Gasteiger charge is -2.17. The summed E-state index contributed by atoms with van der Waals surface area (Å²) in [5.41, 5.74) is 1.66. The standard InChI is InChI=1S/C15H13Cl2FO/c16-14-4-2-1-3-13(14)11(9-19)7-10-5-6-12(18)8-15(10)17/h1-6,8,11,19H,7,9H2. The first kappa shape index (κ1) is 14.3. The number of hydrogen-bond acceptors (Lipinski definition) is 1. The van der Waals surface area contributed by atoms with Gasteiger partial charge >= 0.3 is 0 Å². The zero-order chi connectivity index (χ0) is 13.8. The number of benzene rings is 2. The fourth-order valence-corrected chi connectivity index (χ4v) is 2.57. The van der Waals surface area contributed by atoms with Crippen molar-refractivity contribution in [3.63, 3.8) is 0 Å². The normalized spacial score (nSPS) is 12.4. The molecule has 0 aliphatic carbocycles. The van der Waals surface area contributed by atoms with Crippen LogP contribution < -0.4 is 0 Å². The van der Waals surface area contributed by atoms with E-state index >= 15 is 0 Å². The quantitative estimate of drug-likeness (QED) is 0.884. The maximum Gasteiger partial charge on any atom is 0.124 e. The molecule has 0 aromatic heterocycles. The van der Waals surface area contributed by atoms with Crippen LogP contribution in [0.25, 0.3) is 0 Å². The summed E-state index contributed by atoms with van der Waals surface area (Å²) in [7, 11) is 0. The van der Waals surface area contributed by atoms with Crippen LogP contribution >= 0.6 is 23.2 Å². The fraction of sp³-hybridized carbons (Fsp3) is 0.200. The third-order valence-electron chi connectivity index (χ3n) is 3.05. The Morgan fingerprint density at radius 3 is 2.42 bits per heavy atom. The molecule has 2 aromatic rings. The zero-order valence-corrected chi connectivity index (χ0v) is 11.6. The van der Waals surface area contributed by atoms with Crippen molar-refractivity contribution in [1.29, 1.82) is 0 Å². The van der Waals surface area contributed by atoms with Crippen molar-refractivity contribution in [3.8, 4) is 0 Å². The number of halogens is 3. The molecule has 1 unspecified atom stereocenters. The van der Waals surface area contributed by atoms with E-state index in [1.54, 1.807) is 12.1 Å². The molecule has 1 N–H and O–H groups in total. The Bertz CT molecular complexity index is 572. The number of aliphatic hydroxyl groups excluding tert-OH is 1. The number of hydrogen-bond donors (Lipinski definition) is 1. The van der Waals surface area contributed by atoms with Gasteiger partial charge in [-0.25, -0.2) is 4.39 Å². The predicted molar refractivity (Wildman–Crippen MR) is 76.4 cm³/mol. The molecule has 2 aromatic carbocycles. The average molecular weight is 299 g/mol. The van der Waals surface area contributed by atoms with Crippen molar-refractivity contribution >= 4 is 23.2 Å². The van der Waals surface area contributed by atoms with Crippen molar-refractivity contribution in [2.75, 3.05) is 6.61 Å². The summed E-state index contributed by atoms with van der Waals surface area (Å²) in [6.45, 7) is -0.0442. The third-order valence-corrected chi connectivity index (χ3v) is 3.74. The summed E-state index contributed by atoms with van der Waals surface area (Å²) < 4.78 is 13.0. The summed E-state index contributed by atoms with van der Waals surface area (Å²) in [4.78, 5) is 0. The summed E-state index contributed by atoms with van der Waals surface area (Å²) in [6.07, 6.45) is 0.513. The second kappa shape index (κ2) is 6.38. The van der Waals surface area contributed by atoms with Crippen LogP contribution in [-0.4, -0.2) is 11.7 Å². The van der Waals surface area contributed by atoms with Crippen molar-refractivity contribution < 1.29 is 9.50 Å². The minimum absolute atomic E-state index is 0.0442. The summed E-state index contributed by atoms with van der Waals surface area (Å²) in [5, 5.41) is 10.5. The highest BCUT2D eigenvalue weighted by molar-refractivity contribution is 6.31. The van der Waals surface area contributed by atoms with Crippen molar-refractivity contribution in [2.24, 2.45) is 0 Å². The van der Waals surface area contributed by atoms with E-state index in [9.17, 15) is 9.50 Å². The lowest BCUT2D eigenvalue weighted by atomic mass is 9.92. The molecule has 0 heterocycles. The van der Waals surface area contributed by atoms with Crippen molar-refractivity contribution in [2.45, 2.75) is 12.3 Å². The van der Waals surface area contributed by atoms with E-state index in [1.807, 2.05) is 18.2 Å². The van der Waals surface area contributed by atoms with Crippen LogP contribution in [-0.2, 0) is 6.42 Å². The van der Waals surface area contributed by atoms with Gasteiger partial charge in [-0.15, -0.1) is 0 Å². The number of rotatable bonds is 4. The smallest absolute Gasteiger partial charge is 0.124 e. The van der Waals surface area contributed by atoms with E-state index in [1.165, 1.54) is 12.1 Å². The van der Waals surface area contributed by atoms with Gasteiger partial charge in [0.15, 0.2) is 0 Å². The maximum atomic E-state index is 13.0. The SMILES string of the molecule is OCC(Cc1ccc(F)cc1Cl)c1ccccc1Cl. The van der Waals surface area contributed by atoms with Crippen LogP contribution in [0.2, 0.25) is 10.0 Å². The summed E-state index contributed by atoms with van der Waals surface area (Å²) in [6, 6.07) is 11.6. The molecule has 0 amide bonds. The van der Waals surface area contributed by atoms with E-state index in [2.05, 4.69) is 0 Å². The predicted octanol–water partition coefficient (Wildman–Crippen LogP) is 4.45. The molecule has 19 heavy (non-hydrogen) atoms. The monoisotopic (exact) mass is 298 g/mol. The Kier molecular flexibility index (Phi) is 4.81. The van der Waals surface area contributed by atoms with Gasteiger partial charge in [-0.3, -0.25) is 0 Å². The molecule has 0 saturated heterocycles. The lowest BCUT2D eigenvalue weighted by molar-refractivity contribution is 0.264. The topological polar surface area (TPSA) is 20.2 Å². The van der Waals surface area contributed by atoms with Crippen LogP contribution in [0.4, 0.5) is 4.39 Å². The highest BCUT2D eigenvalue weighted by Gasteiger charge is 2.16. The molecule has 1 atom stereocenters. The van der Waals surface area contributed by atoms with Gasteiger partial charge in [0.1, 0.15) is 5.82 Å². The zero-order valence-electron chi connectivity index (χ0n) is 10.1. The first-order valence-corrected chi connectivity index (χ1v) is 6.66. The summed E-state index contributed by atoms with van der Waals surface area (Å²) in [5.74, 6) is -0.524. The van der Waals surface area contributed by atoms with Crippen molar-refractivity contribution in [1.82, 2.24) is 0 Å². The molecular weight excluding hydrogens is 286 g/mol. The van der Waals surface area contributed by atoms with Crippen LogP contribution in [0.15, 0.2) is 42.5 Å². The summed E-state index contributed by atoms with van der Waals surface area (Å²) >= 11 is 12.1. The average Bonchev–Trinajstić information content (AvgIpc) is 2.39. The second-order valence-corrected chi connectivity index (χ2v) is 5.16. The molecule has 0 bridgehead atoms. The van der Waals surface area contributed by atoms with Crippen LogP contribution in [0.1, 0.15) is 17.0 Å². The molecule has 2 rings (SSSR count). The van der Waals surface area contributed by atoms with Crippen LogP contribution in [0.3, 0.4) is 0 Å². The minimum atomic E-state index is -0.368. The van der Waals surface area contributed by atoms with Gasteiger partial charge in [-0.05, 0) is 35.7 Å². The molecule has 0 aliphatic rings. The molecule has 0 aliphatic heterocycles. The van der Waals surface area contributed by atoms with E-state index in [-0.39, 0.29) is 18.3 Å². The minimum Gasteiger partial charge on any atom is -0.396 e. The number of aliphatic hydroxyl groups is 1. The van der Waals surface area contributed by atoms with Gasteiger partial charge in [-0.1, -0.05) is 47.5 Å². The third kappa shape index (κ3) is 3.47. The van der Waals surface area contributed by atoms with Crippen LogP contribution in [0.5, 0.6) is 0 Å². The lowest BCUT2D eigenvalue weighted by Crippen LogP contribution is -2.09. The van der Waals surface area contributed by atoms with E-state index in [0.717, 1.165) is 11.1 Å². The van der Waals surface area contributed by atoms with Gasteiger partial charge in [-0.2, -0.15) is 0 Å². The molecule has 0 radical (unpaired) electrons. The van der Waals surface area contributed by atoms with E-state index in [4.69, 9.17) is 23.2 Å². The molecule has 4 heteroatoms. The van der Waals surface area contributed by atoms with Crippen LogP contribution in [0, 0.1) is 5.82 Å². The van der Waals surface area contributed by atoms with Gasteiger partial charge < -0.3 is 5.11 Å². The largest absolute Gasteiger partial charge is 0.396 e. The van der Waals surface area contributed by atoms with Gasteiger partial charge in [0.25, 0.3) is 0 Å². The fourth-order valence-electron chi connectivity index (χ4n) is 2.03. The highest BCUT2D eigenvalue weighted by atomic mass is 35.5. The van der Waals surface area contributed by atoms with Gasteiger partial charge in [0, 0.05) is 16.0 Å². The highest BCUT2D eigenvalue weighted by Crippen LogP contribution is 2.29. The Morgan fingerprint density at radius 1 is 1.05 bits per heavy atom. The molecule has 1 nitrogen and oxygen atoms in total. The second-order valence-electron chi connectivity index (χ2n) is 4.34. The molecular formula is C15H13Cl2FO. The first-order valence-electron chi connectivity index (χ1n) is 5.91. The Labute approximate surface area is 121 Å². The Hall–Kier alpha value is -1.09. The molecule has 100 valence electrons. The van der Waals surface area contributed by atoms with Gasteiger partial charge in [0.2, 0.25) is 0 Å². The van der Waals surface area contributed by atoms with E-state index < -0.39 is 0 Å². The first-order chi connectivity index (χ1) is 9.11. The molecule has 0 fully saturated rings. The van der Waals surface area contributed by atoms with Crippen molar-refractivity contribution in [3.05, 3.63) is 69.5 Å². The Balaban J connectivity index is 2.27.